The van der Waals surface area contributed by atoms with Gasteiger partial charge in [-0.05, 0) is 43.6 Å². The predicted molar refractivity (Wildman–Crippen MR) is 46.2 cm³/mol. The first-order chi connectivity index (χ1) is 5.56. The van der Waals surface area contributed by atoms with Crippen molar-refractivity contribution in [1.29, 1.82) is 0 Å². The Labute approximate surface area is 75.8 Å². The number of hydrogen-bond acceptors (Lipinski definition) is 1. The fourth-order valence-electron chi connectivity index (χ4n) is 2.51. The Bertz CT molecular complexity index is 200. The molecule has 0 spiro atoms. The lowest BCUT2D eigenvalue weighted by Gasteiger charge is -2.49. The fraction of sp³-hybridized carbons (Fsp3) is 0.889. The summed E-state index contributed by atoms with van der Waals surface area (Å²) < 4.78 is 0. The van der Waals surface area contributed by atoms with Gasteiger partial charge in [-0.15, -0.1) is 0 Å². The molecule has 2 bridgehead atoms. The van der Waals surface area contributed by atoms with Gasteiger partial charge in [0.15, 0.2) is 0 Å². The Hall–Kier alpha value is -0.313. The van der Waals surface area contributed by atoms with E-state index in [0.717, 1.165) is 38.5 Å². The maximum atomic E-state index is 11.0. The molecule has 0 aromatic rings. The maximum Gasteiger partial charge on any atom is 0.309 e. The van der Waals surface area contributed by atoms with Gasteiger partial charge in [0.25, 0.3) is 0 Å². The minimum absolute atomic E-state index is 0.289. The second-order valence-electron chi connectivity index (χ2n) is 4.37. The van der Waals surface area contributed by atoms with Gasteiger partial charge in [0.2, 0.25) is 0 Å². The highest BCUT2D eigenvalue weighted by atomic mass is 28.1. The molecule has 0 saturated heterocycles. The number of rotatable bonds is 1. The van der Waals surface area contributed by atoms with Crippen LogP contribution in [0.1, 0.15) is 38.5 Å². The second kappa shape index (κ2) is 2.34. The molecule has 0 aliphatic heterocycles. The van der Waals surface area contributed by atoms with Crippen molar-refractivity contribution in [1.82, 2.24) is 0 Å². The zero-order valence-corrected chi connectivity index (χ0v) is 8.10. The number of carbonyl (C=O) groups is 1. The van der Waals surface area contributed by atoms with Gasteiger partial charge in [-0.2, -0.15) is 0 Å². The monoisotopic (exact) mass is 181 g/mol. The molecule has 3 saturated carbocycles. The van der Waals surface area contributed by atoms with Crippen LogP contribution in [-0.4, -0.2) is 21.3 Å². The summed E-state index contributed by atoms with van der Waals surface area (Å²) in [4.78, 5) is 11.0. The average molecular weight is 181 g/mol. The van der Waals surface area contributed by atoms with Crippen LogP contribution in [0.4, 0.5) is 0 Å². The summed E-state index contributed by atoms with van der Waals surface area (Å²) >= 11 is 0. The van der Waals surface area contributed by atoms with Crippen LogP contribution < -0.4 is 0 Å². The summed E-state index contributed by atoms with van der Waals surface area (Å²) in [5, 5.41) is 9.37. The Morgan fingerprint density at radius 2 is 1.50 bits per heavy atom. The molecule has 3 fully saturated rings. The predicted octanol–water partition coefficient (Wildman–Crippen LogP) is 1.75. The van der Waals surface area contributed by atoms with E-state index < -0.39 is 5.97 Å². The van der Waals surface area contributed by atoms with Crippen molar-refractivity contribution in [2.45, 2.75) is 43.6 Å². The van der Waals surface area contributed by atoms with Gasteiger partial charge in [-0.3, -0.25) is 4.79 Å². The molecule has 3 aliphatic carbocycles. The van der Waals surface area contributed by atoms with Crippen molar-refractivity contribution < 1.29 is 9.90 Å². The number of carboxylic acids is 1. The third kappa shape index (κ3) is 1.03. The van der Waals surface area contributed by atoms with E-state index in [2.05, 4.69) is 10.2 Å². The van der Waals surface area contributed by atoms with E-state index in [1.807, 2.05) is 0 Å². The lowest BCUT2D eigenvalue weighted by molar-refractivity contribution is -0.154. The standard InChI is InChI=1S/C9H13O2Si/c10-7(11)8-1-4-9(12,5-2-8)6-3-8/h1-6H2,(H,10,11). The van der Waals surface area contributed by atoms with E-state index in [9.17, 15) is 4.79 Å². The molecule has 0 unspecified atom stereocenters. The molecule has 12 heavy (non-hydrogen) atoms. The first kappa shape index (κ1) is 8.29. The van der Waals surface area contributed by atoms with Crippen molar-refractivity contribution >= 4 is 16.2 Å². The lowest BCUT2D eigenvalue weighted by Crippen LogP contribution is -2.43. The van der Waals surface area contributed by atoms with Crippen LogP contribution in [-0.2, 0) is 4.79 Å². The molecule has 0 aromatic carbocycles. The van der Waals surface area contributed by atoms with Gasteiger partial charge in [0.1, 0.15) is 0 Å². The SMILES string of the molecule is O=C(O)C12CCC([Si])(CC1)CC2. The van der Waals surface area contributed by atoms with E-state index >= 15 is 0 Å². The molecular formula is C9H13O2Si. The van der Waals surface area contributed by atoms with Crippen molar-refractivity contribution in [3.63, 3.8) is 0 Å². The van der Waals surface area contributed by atoms with Crippen LogP contribution in [0.5, 0.6) is 0 Å². The van der Waals surface area contributed by atoms with Crippen molar-refractivity contribution in [3.05, 3.63) is 0 Å². The van der Waals surface area contributed by atoms with E-state index in [-0.39, 0.29) is 10.5 Å². The lowest BCUT2D eigenvalue weighted by atomic mass is 9.60. The Kier molecular flexibility index (Phi) is 1.62. The van der Waals surface area contributed by atoms with E-state index in [1.54, 1.807) is 0 Å². The van der Waals surface area contributed by atoms with E-state index in [4.69, 9.17) is 5.11 Å². The second-order valence-corrected chi connectivity index (χ2v) is 5.43. The maximum absolute atomic E-state index is 11.0. The summed E-state index contributed by atoms with van der Waals surface area (Å²) in [5.74, 6) is -0.573. The summed E-state index contributed by atoms with van der Waals surface area (Å²) in [6.45, 7) is 0. The van der Waals surface area contributed by atoms with E-state index in [0.29, 0.717) is 0 Å². The average Bonchev–Trinajstić information content (AvgIpc) is 2.06. The minimum atomic E-state index is -0.573. The zero-order valence-electron chi connectivity index (χ0n) is 7.10. The highest BCUT2D eigenvalue weighted by Gasteiger charge is 2.50. The number of carboxylic acid groups (broad SMARTS) is 1. The molecule has 3 radical (unpaired) electrons. The van der Waals surface area contributed by atoms with E-state index in [1.165, 1.54) is 0 Å². The Morgan fingerprint density at radius 3 is 1.83 bits per heavy atom. The Balaban J connectivity index is 2.20. The number of fused-ring (bicyclic) bond motifs is 3. The first-order valence-corrected chi connectivity index (χ1v) is 5.05. The molecule has 2 nitrogen and oxygen atoms in total. The van der Waals surface area contributed by atoms with Gasteiger partial charge in [-0.25, -0.2) is 0 Å². The van der Waals surface area contributed by atoms with Crippen LogP contribution in [0, 0.1) is 5.41 Å². The normalized spacial score (nSPS) is 46.1. The van der Waals surface area contributed by atoms with Crippen LogP contribution in [0.2, 0.25) is 5.04 Å². The largest absolute Gasteiger partial charge is 0.481 e. The highest BCUT2D eigenvalue weighted by Crippen LogP contribution is 2.59. The quantitative estimate of drug-likeness (QED) is 0.626. The van der Waals surface area contributed by atoms with Gasteiger partial charge in [0.05, 0.1) is 5.41 Å². The molecule has 1 N–H and O–H groups in total. The summed E-state index contributed by atoms with van der Waals surface area (Å²) in [7, 11) is 3.77. The molecule has 0 heterocycles. The molecule has 3 heteroatoms. The van der Waals surface area contributed by atoms with Gasteiger partial charge in [0, 0.05) is 10.2 Å². The molecular weight excluding hydrogens is 168 g/mol. The summed E-state index contributed by atoms with van der Waals surface area (Å²) in [6, 6.07) is 0. The zero-order chi connectivity index (χ0) is 8.82. The van der Waals surface area contributed by atoms with Gasteiger partial charge >= 0.3 is 5.97 Å². The topological polar surface area (TPSA) is 37.3 Å². The highest BCUT2D eigenvalue weighted by molar-refractivity contribution is 6.15. The van der Waals surface area contributed by atoms with Crippen LogP contribution in [0.25, 0.3) is 0 Å². The third-order valence-electron chi connectivity index (χ3n) is 3.70. The van der Waals surface area contributed by atoms with Crippen LogP contribution in [0.15, 0.2) is 0 Å². The molecule has 0 aromatic heterocycles. The smallest absolute Gasteiger partial charge is 0.309 e. The molecule has 3 aliphatic rings. The van der Waals surface area contributed by atoms with Gasteiger partial charge in [-0.1, -0.05) is 0 Å². The third-order valence-corrected chi connectivity index (χ3v) is 4.45. The summed E-state index contributed by atoms with van der Waals surface area (Å²) in [6.07, 6.45) is 5.71. The van der Waals surface area contributed by atoms with Crippen molar-refractivity contribution in [3.8, 4) is 0 Å². The molecule has 3 rings (SSSR count). The van der Waals surface area contributed by atoms with Crippen molar-refractivity contribution in [2.75, 3.05) is 0 Å². The van der Waals surface area contributed by atoms with Gasteiger partial charge < -0.3 is 5.11 Å². The fourth-order valence-corrected chi connectivity index (χ4v) is 2.88. The van der Waals surface area contributed by atoms with Crippen molar-refractivity contribution in [2.24, 2.45) is 5.41 Å². The minimum Gasteiger partial charge on any atom is -0.481 e. The molecule has 65 valence electrons. The summed E-state index contributed by atoms with van der Waals surface area (Å²) in [5.41, 5.74) is -0.353. The van der Waals surface area contributed by atoms with Crippen LogP contribution >= 0.6 is 0 Å². The first-order valence-electron chi connectivity index (χ1n) is 4.55. The molecule has 0 atom stereocenters. The van der Waals surface area contributed by atoms with Crippen LogP contribution in [0.3, 0.4) is 0 Å². The molecule has 0 amide bonds. The number of hydrogen-bond donors (Lipinski definition) is 1. The number of aliphatic carboxylic acids is 1. The Morgan fingerprint density at radius 1 is 1.08 bits per heavy atom.